The lowest BCUT2D eigenvalue weighted by atomic mass is 10.8. The van der Waals surface area contributed by atoms with Crippen molar-refractivity contribution < 1.29 is 9.53 Å². The highest BCUT2D eigenvalue weighted by Crippen LogP contribution is 1.69. The van der Waals surface area contributed by atoms with Crippen molar-refractivity contribution in [3.8, 4) is 0 Å². The Labute approximate surface area is 36.4 Å². The summed E-state index contributed by atoms with van der Waals surface area (Å²) >= 11 is 0. The third-order valence-corrected chi connectivity index (χ3v) is 0.215. The highest BCUT2D eigenvalue weighted by molar-refractivity contribution is 5.74. The Morgan fingerprint density at radius 2 is 2.33 bits per heavy atom. The number of esters is 1. The molecule has 33 valence electrons. The van der Waals surface area contributed by atoms with Crippen molar-refractivity contribution in [1.82, 2.24) is 0 Å². The molecule has 0 rings (SSSR count). The molecule has 0 saturated carbocycles. The summed E-state index contributed by atoms with van der Waals surface area (Å²) in [7, 11) is 0. The predicted molar refractivity (Wildman–Crippen MR) is 21.6 cm³/mol. The summed E-state index contributed by atoms with van der Waals surface area (Å²) < 4.78 is 4.06. The first-order valence-electron chi connectivity index (χ1n) is 1.41. The number of carbonyl (C=O) groups excluding carboxylic acids is 1. The van der Waals surface area contributed by atoms with E-state index in [1.165, 1.54) is 0 Å². The zero-order valence-corrected chi connectivity index (χ0v) is 3.31. The van der Waals surface area contributed by atoms with Gasteiger partial charge in [0, 0.05) is 0 Å². The van der Waals surface area contributed by atoms with E-state index in [4.69, 9.17) is 0 Å². The molecule has 0 heterocycles. The van der Waals surface area contributed by atoms with Gasteiger partial charge < -0.3 is 4.74 Å². The van der Waals surface area contributed by atoms with Crippen LogP contribution in [0.1, 0.15) is 0 Å². The molecule has 0 unspecified atom stereocenters. The van der Waals surface area contributed by atoms with Crippen LogP contribution in [0.25, 0.3) is 0 Å². The standard InChI is InChI=1S/C4H5O2/c1-3-6-4(2)5/h3H,1-2H2. The summed E-state index contributed by atoms with van der Waals surface area (Å²) in [4.78, 5) is 9.64. The normalized spacial score (nSPS) is 6.83. The topological polar surface area (TPSA) is 26.3 Å². The average Bonchev–Trinajstić information content (AvgIpc) is 1.35. The Hall–Kier alpha value is -0.790. The summed E-state index contributed by atoms with van der Waals surface area (Å²) in [5.74, 6) is -0.579. The van der Waals surface area contributed by atoms with E-state index < -0.39 is 5.97 Å². The smallest absolute Gasteiger partial charge is 0.311 e. The van der Waals surface area contributed by atoms with E-state index in [2.05, 4.69) is 18.2 Å². The van der Waals surface area contributed by atoms with Gasteiger partial charge in [0.15, 0.2) is 0 Å². The Balaban J connectivity index is 3.05. The van der Waals surface area contributed by atoms with Crippen LogP contribution >= 0.6 is 0 Å². The third kappa shape index (κ3) is 3.21. The van der Waals surface area contributed by atoms with Gasteiger partial charge in [-0.2, -0.15) is 0 Å². The largest absolute Gasteiger partial charge is 0.435 e. The maximum absolute atomic E-state index is 9.64. The van der Waals surface area contributed by atoms with Gasteiger partial charge in [-0.05, 0) is 0 Å². The molecule has 0 aliphatic heterocycles. The van der Waals surface area contributed by atoms with E-state index in [1.54, 1.807) is 0 Å². The molecule has 0 aromatic heterocycles. The molecule has 2 heteroatoms. The van der Waals surface area contributed by atoms with Gasteiger partial charge in [0.05, 0.1) is 13.2 Å². The van der Waals surface area contributed by atoms with Gasteiger partial charge in [-0.3, -0.25) is 4.79 Å². The van der Waals surface area contributed by atoms with Crippen molar-refractivity contribution in [2.24, 2.45) is 0 Å². The summed E-state index contributed by atoms with van der Waals surface area (Å²) in [5, 5.41) is 0. The molecule has 1 radical (unpaired) electrons. The summed E-state index contributed by atoms with van der Waals surface area (Å²) in [6, 6.07) is 0. The zero-order chi connectivity index (χ0) is 4.99. The molecule has 0 atom stereocenters. The second-order valence-corrected chi connectivity index (χ2v) is 0.657. The first-order valence-corrected chi connectivity index (χ1v) is 1.41. The van der Waals surface area contributed by atoms with E-state index in [9.17, 15) is 4.79 Å². The van der Waals surface area contributed by atoms with Gasteiger partial charge in [0.2, 0.25) is 0 Å². The number of carbonyl (C=O) groups is 1. The summed E-state index contributed by atoms with van der Waals surface area (Å²) in [6.45, 7) is 6.01. The molecule has 0 aliphatic carbocycles. The van der Waals surface area contributed by atoms with Gasteiger partial charge >= 0.3 is 5.97 Å². The fraction of sp³-hybridized carbons (Fsp3) is 0. The molecule has 0 aliphatic rings. The predicted octanol–water partition coefficient (Wildman–Crippen LogP) is 0.507. The third-order valence-electron chi connectivity index (χ3n) is 0.215. The highest BCUT2D eigenvalue weighted by Gasteiger charge is 1.79. The molecule has 0 amide bonds. The van der Waals surface area contributed by atoms with Crippen LogP contribution in [-0.2, 0) is 9.53 Å². The minimum Gasteiger partial charge on any atom is -0.435 e. The molecule has 0 aromatic carbocycles. The lowest BCUT2D eigenvalue weighted by molar-refractivity contribution is -0.132. The lowest BCUT2D eigenvalue weighted by Crippen LogP contribution is -1.88. The second-order valence-electron chi connectivity index (χ2n) is 0.657. The van der Waals surface area contributed by atoms with Crippen molar-refractivity contribution in [1.29, 1.82) is 0 Å². The molecule has 0 aromatic rings. The van der Waals surface area contributed by atoms with Gasteiger partial charge in [-0.15, -0.1) is 0 Å². The van der Waals surface area contributed by atoms with Crippen LogP contribution < -0.4 is 0 Å². The van der Waals surface area contributed by atoms with E-state index in [-0.39, 0.29) is 0 Å². The van der Waals surface area contributed by atoms with Crippen LogP contribution in [0.15, 0.2) is 12.8 Å². The minimum absolute atomic E-state index is 0.579. The van der Waals surface area contributed by atoms with Gasteiger partial charge in [0.25, 0.3) is 0 Å². The SMILES string of the molecule is [CH2]C(=O)OC=C. The molecular formula is C4H5O2. The van der Waals surface area contributed by atoms with Gasteiger partial charge in [-0.25, -0.2) is 0 Å². The van der Waals surface area contributed by atoms with Crippen LogP contribution in [0.4, 0.5) is 0 Å². The molecular weight excluding hydrogens is 80.0 g/mol. The Morgan fingerprint density at radius 3 is 2.33 bits per heavy atom. The van der Waals surface area contributed by atoms with Crippen LogP contribution in [0, 0.1) is 6.92 Å². The Morgan fingerprint density at radius 1 is 1.83 bits per heavy atom. The summed E-state index contributed by atoms with van der Waals surface area (Å²) in [5.41, 5.74) is 0. The van der Waals surface area contributed by atoms with Gasteiger partial charge in [-0.1, -0.05) is 6.58 Å². The summed E-state index contributed by atoms with van der Waals surface area (Å²) in [6.07, 6.45) is 1.04. The first-order chi connectivity index (χ1) is 2.77. The van der Waals surface area contributed by atoms with Crippen LogP contribution in [0.2, 0.25) is 0 Å². The van der Waals surface area contributed by atoms with Crippen molar-refractivity contribution in [3.63, 3.8) is 0 Å². The first kappa shape index (κ1) is 5.21. The van der Waals surface area contributed by atoms with Crippen molar-refractivity contribution >= 4 is 5.97 Å². The fourth-order valence-corrected chi connectivity index (χ4v) is 0.0929. The molecule has 2 nitrogen and oxygen atoms in total. The molecule has 0 spiro atoms. The minimum atomic E-state index is -0.579. The molecule has 0 bridgehead atoms. The van der Waals surface area contributed by atoms with E-state index in [0.717, 1.165) is 6.26 Å². The monoisotopic (exact) mass is 85.0 g/mol. The van der Waals surface area contributed by atoms with E-state index in [0.29, 0.717) is 0 Å². The maximum Gasteiger partial charge on any atom is 0.311 e. The average molecular weight is 85.1 g/mol. The van der Waals surface area contributed by atoms with Gasteiger partial charge in [0.1, 0.15) is 0 Å². The van der Waals surface area contributed by atoms with Crippen LogP contribution in [0.5, 0.6) is 0 Å². The lowest BCUT2D eigenvalue weighted by Gasteiger charge is -1.82. The van der Waals surface area contributed by atoms with Crippen LogP contribution in [-0.4, -0.2) is 5.97 Å². The number of hydrogen-bond acceptors (Lipinski definition) is 2. The quantitative estimate of drug-likeness (QED) is 0.342. The molecule has 0 fully saturated rings. The Kier molecular flexibility index (Phi) is 2.13. The van der Waals surface area contributed by atoms with E-state index >= 15 is 0 Å². The second kappa shape index (κ2) is 2.45. The van der Waals surface area contributed by atoms with Crippen molar-refractivity contribution in [3.05, 3.63) is 19.8 Å². The zero-order valence-electron chi connectivity index (χ0n) is 3.31. The fourth-order valence-electron chi connectivity index (χ4n) is 0.0929. The number of hydrogen-bond donors (Lipinski definition) is 0. The number of rotatable bonds is 1. The van der Waals surface area contributed by atoms with E-state index in [1.807, 2.05) is 0 Å². The molecule has 6 heavy (non-hydrogen) atoms. The molecule has 0 N–H and O–H groups in total. The van der Waals surface area contributed by atoms with Crippen molar-refractivity contribution in [2.45, 2.75) is 0 Å². The highest BCUT2D eigenvalue weighted by atomic mass is 16.5. The number of ether oxygens (including phenoxy) is 1. The Bertz CT molecular complexity index is 65.9. The maximum atomic E-state index is 9.64. The van der Waals surface area contributed by atoms with Crippen molar-refractivity contribution in [2.75, 3.05) is 0 Å². The molecule has 0 saturated heterocycles. The van der Waals surface area contributed by atoms with Crippen LogP contribution in [0.3, 0.4) is 0 Å².